The first kappa shape index (κ1) is 13.6. The molecule has 5 heteroatoms. The Bertz CT molecular complexity index is 489. The van der Waals surface area contributed by atoms with Gasteiger partial charge in [0.25, 0.3) is 5.91 Å². The minimum absolute atomic E-state index is 0.0652. The van der Waals surface area contributed by atoms with Gasteiger partial charge in [-0.2, -0.15) is 5.10 Å². The SMILES string of the molecule is CC(C)n1ccc(C(=O)N2CCC[C@]3(CCOC3)C2)n1. The molecule has 2 aliphatic rings. The van der Waals surface area contributed by atoms with E-state index >= 15 is 0 Å². The van der Waals surface area contributed by atoms with E-state index in [-0.39, 0.29) is 17.4 Å². The molecule has 3 rings (SSSR count). The normalized spacial score (nSPS) is 26.6. The van der Waals surface area contributed by atoms with Crippen molar-refractivity contribution in [3.63, 3.8) is 0 Å². The molecule has 0 saturated carbocycles. The lowest BCUT2D eigenvalue weighted by atomic mass is 9.79. The van der Waals surface area contributed by atoms with Crippen LogP contribution >= 0.6 is 0 Å². The molecule has 2 aliphatic heterocycles. The summed E-state index contributed by atoms with van der Waals surface area (Å²) >= 11 is 0. The lowest BCUT2D eigenvalue weighted by Gasteiger charge is -2.39. The minimum atomic E-state index is 0.0652. The fourth-order valence-corrected chi connectivity index (χ4v) is 3.25. The summed E-state index contributed by atoms with van der Waals surface area (Å²) in [6, 6.07) is 2.11. The second-order valence-electron chi connectivity index (χ2n) is 6.41. The van der Waals surface area contributed by atoms with Gasteiger partial charge in [0.05, 0.1) is 6.61 Å². The summed E-state index contributed by atoms with van der Waals surface area (Å²) in [5.41, 5.74) is 0.767. The van der Waals surface area contributed by atoms with Crippen LogP contribution in [0, 0.1) is 5.41 Å². The number of aromatic nitrogens is 2. The van der Waals surface area contributed by atoms with E-state index < -0.39 is 0 Å². The molecule has 0 N–H and O–H groups in total. The molecule has 0 radical (unpaired) electrons. The highest BCUT2D eigenvalue weighted by molar-refractivity contribution is 5.92. The van der Waals surface area contributed by atoms with Crippen LogP contribution in [0.2, 0.25) is 0 Å². The molecule has 110 valence electrons. The molecule has 1 aromatic heterocycles. The molecular formula is C15H23N3O2. The molecular weight excluding hydrogens is 254 g/mol. The molecule has 20 heavy (non-hydrogen) atoms. The second kappa shape index (κ2) is 5.20. The number of likely N-dealkylation sites (tertiary alicyclic amines) is 1. The smallest absolute Gasteiger partial charge is 0.274 e. The van der Waals surface area contributed by atoms with Gasteiger partial charge in [0, 0.05) is 37.4 Å². The zero-order chi connectivity index (χ0) is 14.2. The molecule has 2 fully saturated rings. The van der Waals surface area contributed by atoms with E-state index in [1.165, 1.54) is 6.42 Å². The van der Waals surface area contributed by atoms with Crippen molar-refractivity contribution in [3.8, 4) is 0 Å². The van der Waals surface area contributed by atoms with Crippen molar-refractivity contribution >= 4 is 5.91 Å². The predicted octanol–water partition coefficient (Wildman–Crippen LogP) is 2.11. The Kier molecular flexibility index (Phi) is 3.54. The summed E-state index contributed by atoms with van der Waals surface area (Å²) in [7, 11) is 0. The number of nitrogens with zero attached hydrogens (tertiary/aromatic N) is 3. The molecule has 3 heterocycles. The summed E-state index contributed by atoms with van der Waals surface area (Å²) in [6.45, 7) is 7.43. The highest BCUT2D eigenvalue weighted by Crippen LogP contribution is 2.37. The van der Waals surface area contributed by atoms with Crippen molar-refractivity contribution in [2.45, 2.75) is 39.2 Å². The van der Waals surface area contributed by atoms with Crippen molar-refractivity contribution < 1.29 is 9.53 Å². The molecule has 2 saturated heterocycles. The Balaban J connectivity index is 1.72. The Morgan fingerprint density at radius 3 is 2.95 bits per heavy atom. The first-order valence-electron chi connectivity index (χ1n) is 7.52. The van der Waals surface area contributed by atoms with Crippen molar-refractivity contribution in [2.24, 2.45) is 5.41 Å². The van der Waals surface area contributed by atoms with Crippen LogP contribution in [0.25, 0.3) is 0 Å². The van der Waals surface area contributed by atoms with E-state index in [0.717, 1.165) is 39.1 Å². The predicted molar refractivity (Wildman–Crippen MR) is 75.6 cm³/mol. The maximum Gasteiger partial charge on any atom is 0.274 e. The molecule has 1 aromatic rings. The van der Waals surface area contributed by atoms with Gasteiger partial charge < -0.3 is 9.64 Å². The zero-order valence-corrected chi connectivity index (χ0v) is 12.3. The fraction of sp³-hybridized carbons (Fsp3) is 0.733. The number of carbonyl (C=O) groups is 1. The van der Waals surface area contributed by atoms with Crippen molar-refractivity contribution in [3.05, 3.63) is 18.0 Å². The second-order valence-corrected chi connectivity index (χ2v) is 6.41. The Hall–Kier alpha value is -1.36. The summed E-state index contributed by atoms with van der Waals surface area (Å²) in [5.74, 6) is 0.0652. The highest BCUT2D eigenvalue weighted by Gasteiger charge is 2.40. The van der Waals surface area contributed by atoms with Gasteiger partial charge >= 0.3 is 0 Å². The van der Waals surface area contributed by atoms with Crippen LogP contribution in [-0.4, -0.2) is 46.9 Å². The third-order valence-corrected chi connectivity index (χ3v) is 4.49. The number of ether oxygens (including phenoxy) is 1. The standard InChI is InChI=1S/C15H23N3O2/c1-12(2)18-8-4-13(16-18)14(19)17-7-3-5-15(10-17)6-9-20-11-15/h4,8,12H,3,5-7,9-11H2,1-2H3/t15-/m0/s1. The van der Waals surface area contributed by atoms with Gasteiger partial charge in [-0.25, -0.2) is 0 Å². The monoisotopic (exact) mass is 277 g/mol. The number of carbonyl (C=O) groups excluding carboxylic acids is 1. The van der Waals surface area contributed by atoms with Crippen molar-refractivity contribution in [1.29, 1.82) is 0 Å². The van der Waals surface area contributed by atoms with Crippen molar-refractivity contribution in [1.82, 2.24) is 14.7 Å². The highest BCUT2D eigenvalue weighted by atomic mass is 16.5. The van der Waals surface area contributed by atoms with Crippen LogP contribution < -0.4 is 0 Å². The quantitative estimate of drug-likeness (QED) is 0.832. The van der Waals surface area contributed by atoms with Gasteiger partial charge in [-0.1, -0.05) is 0 Å². The lowest BCUT2D eigenvalue weighted by molar-refractivity contribution is 0.0457. The Morgan fingerprint density at radius 2 is 2.30 bits per heavy atom. The van der Waals surface area contributed by atoms with Gasteiger partial charge in [0.2, 0.25) is 0 Å². The first-order chi connectivity index (χ1) is 9.60. The van der Waals surface area contributed by atoms with Gasteiger partial charge in [0.1, 0.15) is 5.69 Å². The minimum Gasteiger partial charge on any atom is -0.381 e. The van der Waals surface area contributed by atoms with Crippen LogP contribution in [0.1, 0.15) is 49.6 Å². The Morgan fingerprint density at radius 1 is 1.45 bits per heavy atom. The molecule has 1 spiro atoms. The first-order valence-corrected chi connectivity index (χ1v) is 7.52. The van der Waals surface area contributed by atoms with E-state index in [2.05, 4.69) is 18.9 Å². The summed E-state index contributed by atoms with van der Waals surface area (Å²) in [6.07, 6.45) is 5.21. The molecule has 5 nitrogen and oxygen atoms in total. The maximum atomic E-state index is 12.6. The van der Waals surface area contributed by atoms with Crippen LogP contribution in [0.5, 0.6) is 0 Å². The molecule has 1 amide bonds. The van der Waals surface area contributed by atoms with Crippen LogP contribution in [-0.2, 0) is 4.74 Å². The van der Waals surface area contributed by atoms with Crippen molar-refractivity contribution in [2.75, 3.05) is 26.3 Å². The summed E-state index contributed by atoms with van der Waals surface area (Å²) < 4.78 is 7.39. The molecule has 0 aromatic carbocycles. The number of piperidine rings is 1. The van der Waals surface area contributed by atoms with Gasteiger partial charge in [-0.3, -0.25) is 9.48 Å². The molecule has 0 aliphatic carbocycles. The zero-order valence-electron chi connectivity index (χ0n) is 12.3. The summed E-state index contributed by atoms with van der Waals surface area (Å²) in [5, 5.41) is 4.39. The van der Waals surface area contributed by atoms with E-state index in [4.69, 9.17) is 4.74 Å². The topological polar surface area (TPSA) is 47.4 Å². The van der Waals surface area contributed by atoms with Crippen LogP contribution in [0.3, 0.4) is 0 Å². The Labute approximate surface area is 119 Å². The molecule has 0 unspecified atom stereocenters. The van der Waals surface area contributed by atoms with Gasteiger partial charge in [-0.05, 0) is 39.2 Å². The van der Waals surface area contributed by atoms with E-state index in [0.29, 0.717) is 5.69 Å². The number of hydrogen-bond acceptors (Lipinski definition) is 3. The third-order valence-electron chi connectivity index (χ3n) is 4.49. The average molecular weight is 277 g/mol. The van der Waals surface area contributed by atoms with Gasteiger partial charge in [0.15, 0.2) is 0 Å². The summed E-state index contributed by atoms with van der Waals surface area (Å²) in [4.78, 5) is 14.5. The van der Waals surface area contributed by atoms with E-state index in [1.54, 1.807) is 0 Å². The third kappa shape index (κ3) is 2.46. The number of hydrogen-bond donors (Lipinski definition) is 0. The largest absolute Gasteiger partial charge is 0.381 e. The van der Waals surface area contributed by atoms with E-state index in [1.807, 2.05) is 21.8 Å². The molecule has 0 bridgehead atoms. The van der Waals surface area contributed by atoms with Gasteiger partial charge in [-0.15, -0.1) is 0 Å². The van der Waals surface area contributed by atoms with Crippen LogP contribution in [0.15, 0.2) is 12.3 Å². The maximum absolute atomic E-state index is 12.6. The average Bonchev–Trinajstić information content (AvgIpc) is 3.08. The molecule has 1 atom stereocenters. The van der Waals surface area contributed by atoms with Crippen LogP contribution in [0.4, 0.5) is 0 Å². The fourth-order valence-electron chi connectivity index (χ4n) is 3.25. The lowest BCUT2D eigenvalue weighted by Crippen LogP contribution is -2.46. The number of amides is 1. The number of rotatable bonds is 2. The van der Waals surface area contributed by atoms with E-state index in [9.17, 15) is 4.79 Å².